The largest absolute Gasteiger partial charge is 0.481 e. The molecule has 0 aliphatic heterocycles. The van der Waals surface area contributed by atoms with Crippen molar-refractivity contribution in [3.05, 3.63) is 28.5 Å². The molecule has 5 nitrogen and oxygen atoms in total. The molecule has 1 fully saturated rings. The Kier molecular flexibility index (Phi) is 5.55. The molecule has 2 rings (SSSR count). The van der Waals surface area contributed by atoms with Crippen LogP contribution in [0.1, 0.15) is 12.8 Å². The van der Waals surface area contributed by atoms with E-state index in [0.29, 0.717) is 17.6 Å². The smallest absolute Gasteiger partial charge is 0.258 e. The summed E-state index contributed by atoms with van der Waals surface area (Å²) in [4.78, 5) is 22.8. The quantitative estimate of drug-likeness (QED) is 0.727. The van der Waals surface area contributed by atoms with E-state index in [1.54, 1.807) is 6.07 Å². The number of ether oxygens (including phenoxy) is 1. The highest BCUT2D eigenvalue weighted by molar-refractivity contribution is 9.10. The highest BCUT2D eigenvalue weighted by Crippen LogP contribution is 2.28. The number of carbonyl (C=O) groups is 2. The van der Waals surface area contributed by atoms with Gasteiger partial charge in [0.1, 0.15) is 0 Å². The predicted octanol–water partition coefficient (Wildman–Crippen LogP) is 1.61. The van der Waals surface area contributed by atoms with Crippen molar-refractivity contribution in [1.82, 2.24) is 10.6 Å². The van der Waals surface area contributed by atoms with Gasteiger partial charge in [-0.25, -0.2) is 4.39 Å². The maximum Gasteiger partial charge on any atom is 0.258 e. The summed E-state index contributed by atoms with van der Waals surface area (Å²) in [6, 6.07) is 4.34. The van der Waals surface area contributed by atoms with Crippen molar-refractivity contribution in [1.29, 1.82) is 0 Å². The molecule has 0 unspecified atom stereocenters. The van der Waals surface area contributed by atoms with Crippen LogP contribution in [0.25, 0.3) is 0 Å². The van der Waals surface area contributed by atoms with Gasteiger partial charge >= 0.3 is 0 Å². The normalized spacial score (nSPS) is 13.6. The second kappa shape index (κ2) is 7.40. The average Bonchev–Trinajstić information content (AvgIpc) is 3.27. The number of halogens is 2. The molecule has 0 heterocycles. The van der Waals surface area contributed by atoms with E-state index >= 15 is 0 Å². The monoisotopic (exact) mass is 358 g/mol. The molecule has 0 atom stereocenters. The number of benzene rings is 1. The minimum Gasteiger partial charge on any atom is -0.481 e. The average molecular weight is 359 g/mol. The zero-order valence-electron chi connectivity index (χ0n) is 11.3. The predicted molar refractivity (Wildman–Crippen MR) is 78.3 cm³/mol. The molecule has 114 valence electrons. The van der Waals surface area contributed by atoms with E-state index in [2.05, 4.69) is 26.6 Å². The molecule has 1 aliphatic rings. The van der Waals surface area contributed by atoms with Crippen molar-refractivity contribution in [2.24, 2.45) is 5.92 Å². The Morgan fingerprint density at radius 2 is 2.00 bits per heavy atom. The fourth-order valence-corrected chi connectivity index (χ4v) is 2.00. The van der Waals surface area contributed by atoms with E-state index in [4.69, 9.17) is 4.74 Å². The van der Waals surface area contributed by atoms with Gasteiger partial charge < -0.3 is 15.4 Å². The fraction of sp³-hybridized carbons (Fsp3) is 0.429. The third-order valence-electron chi connectivity index (χ3n) is 2.95. The first kappa shape index (κ1) is 15.8. The van der Waals surface area contributed by atoms with Crippen molar-refractivity contribution in [3.8, 4) is 5.75 Å². The Bertz CT molecular complexity index is 535. The van der Waals surface area contributed by atoms with E-state index in [9.17, 15) is 14.0 Å². The number of amides is 2. The number of hydrogen-bond donors (Lipinski definition) is 2. The lowest BCUT2D eigenvalue weighted by Crippen LogP contribution is -2.37. The molecular weight excluding hydrogens is 343 g/mol. The molecule has 7 heteroatoms. The number of carbonyl (C=O) groups excluding carboxylic acids is 2. The van der Waals surface area contributed by atoms with Gasteiger partial charge in [0, 0.05) is 23.5 Å². The van der Waals surface area contributed by atoms with Crippen molar-refractivity contribution < 1.29 is 18.7 Å². The van der Waals surface area contributed by atoms with Gasteiger partial charge in [-0.2, -0.15) is 0 Å². The summed E-state index contributed by atoms with van der Waals surface area (Å²) < 4.78 is 19.1. The van der Waals surface area contributed by atoms with E-state index < -0.39 is 5.82 Å². The second-order valence-corrected chi connectivity index (χ2v) is 5.69. The first-order valence-corrected chi connectivity index (χ1v) is 7.48. The highest BCUT2D eigenvalue weighted by Gasteiger charge is 2.28. The molecule has 1 aromatic carbocycles. The lowest BCUT2D eigenvalue weighted by Gasteiger charge is -2.09. The van der Waals surface area contributed by atoms with Crippen LogP contribution in [0.2, 0.25) is 0 Å². The van der Waals surface area contributed by atoms with Gasteiger partial charge in [0.2, 0.25) is 5.91 Å². The fourth-order valence-electron chi connectivity index (χ4n) is 1.66. The van der Waals surface area contributed by atoms with Crippen LogP contribution in [-0.4, -0.2) is 31.5 Å². The summed E-state index contributed by atoms with van der Waals surface area (Å²) in [5.41, 5.74) is 0. The molecule has 1 aromatic rings. The topological polar surface area (TPSA) is 67.4 Å². The summed E-state index contributed by atoms with van der Waals surface area (Å²) in [6.45, 7) is 0.437. The summed E-state index contributed by atoms with van der Waals surface area (Å²) in [6.07, 6.45) is 1.90. The number of rotatable bonds is 7. The zero-order valence-corrected chi connectivity index (χ0v) is 12.9. The standard InChI is InChI=1S/C14H16BrFN2O3/c15-10-3-4-12(11(16)7-10)21-8-13(19)17-5-6-18-14(20)9-1-2-9/h3-4,7,9H,1-2,5-6,8H2,(H,17,19)(H,18,20). The van der Waals surface area contributed by atoms with Gasteiger partial charge in [-0.3, -0.25) is 9.59 Å². The molecule has 2 N–H and O–H groups in total. The van der Waals surface area contributed by atoms with E-state index in [-0.39, 0.29) is 30.1 Å². The minimum atomic E-state index is -0.533. The van der Waals surface area contributed by atoms with Crippen LogP contribution in [-0.2, 0) is 9.59 Å². The van der Waals surface area contributed by atoms with Crippen LogP contribution in [0.3, 0.4) is 0 Å². The summed E-state index contributed by atoms with van der Waals surface area (Å²) in [7, 11) is 0. The Morgan fingerprint density at radius 3 is 2.67 bits per heavy atom. The van der Waals surface area contributed by atoms with Gasteiger partial charge in [-0.05, 0) is 31.0 Å². The summed E-state index contributed by atoms with van der Waals surface area (Å²) >= 11 is 3.14. The van der Waals surface area contributed by atoms with Crippen LogP contribution in [0.5, 0.6) is 5.75 Å². The van der Waals surface area contributed by atoms with Gasteiger partial charge in [0.05, 0.1) is 0 Å². The molecule has 0 aromatic heterocycles. The van der Waals surface area contributed by atoms with Crippen LogP contribution in [0.4, 0.5) is 4.39 Å². The molecule has 0 bridgehead atoms. The van der Waals surface area contributed by atoms with E-state index in [1.807, 2.05) is 0 Å². The van der Waals surface area contributed by atoms with Crippen molar-refractivity contribution >= 4 is 27.7 Å². The Hall–Kier alpha value is -1.63. The third kappa shape index (κ3) is 5.34. The van der Waals surface area contributed by atoms with Crippen LogP contribution >= 0.6 is 15.9 Å². The van der Waals surface area contributed by atoms with Gasteiger partial charge in [0.25, 0.3) is 5.91 Å². The first-order chi connectivity index (χ1) is 10.1. The molecule has 1 aliphatic carbocycles. The molecule has 0 radical (unpaired) electrons. The molecular formula is C14H16BrFN2O3. The zero-order chi connectivity index (χ0) is 15.2. The van der Waals surface area contributed by atoms with Crippen molar-refractivity contribution in [2.75, 3.05) is 19.7 Å². The SMILES string of the molecule is O=C(COc1ccc(Br)cc1F)NCCNC(=O)C1CC1. The molecule has 0 spiro atoms. The molecule has 21 heavy (non-hydrogen) atoms. The number of nitrogens with one attached hydrogen (secondary N) is 2. The second-order valence-electron chi connectivity index (χ2n) is 4.78. The lowest BCUT2D eigenvalue weighted by atomic mass is 10.3. The summed E-state index contributed by atoms with van der Waals surface area (Å²) in [5.74, 6) is -0.677. The molecule has 0 saturated heterocycles. The van der Waals surface area contributed by atoms with E-state index in [0.717, 1.165) is 12.8 Å². The number of hydrogen-bond acceptors (Lipinski definition) is 3. The van der Waals surface area contributed by atoms with Crippen molar-refractivity contribution in [3.63, 3.8) is 0 Å². The molecule has 2 amide bonds. The minimum absolute atomic E-state index is 0.0235. The Balaban J connectivity index is 1.61. The van der Waals surface area contributed by atoms with Crippen LogP contribution < -0.4 is 15.4 Å². The molecule has 1 saturated carbocycles. The Labute approximate surface area is 130 Å². The summed E-state index contributed by atoms with van der Waals surface area (Å²) in [5, 5.41) is 5.32. The lowest BCUT2D eigenvalue weighted by molar-refractivity contribution is -0.124. The van der Waals surface area contributed by atoms with Gasteiger partial charge in [0.15, 0.2) is 18.2 Å². The maximum absolute atomic E-state index is 13.4. The first-order valence-electron chi connectivity index (χ1n) is 6.68. The van der Waals surface area contributed by atoms with Crippen LogP contribution in [0.15, 0.2) is 22.7 Å². The van der Waals surface area contributed by atoms with Gasteiger partial charge in [-0.15, -0.1) is 0 Å². The van der Waals surface area contributed by atoms with Crippen LogP contribution in [0, 0.1) is 11.7 Å². The van der Waals surface area contributed by atoms with E-state index in [1.165, 1.54) is 12.1 Å². The van der Waals surface area contributed by atoms with Gasteiger partial charge in [-0.1, -0.05) is 15.9 Å². The van der Waals surface area contributed by atoms with Crippen molar-refractivity contribution in [2.45, 2.75) is 12.8 Å². The highest BCUT2D eigenvalue weighted by atomic mass is 79.9. The third-order valence-corrected chi connectivity index (χ3v) is 3.44. The maximum atomic E-state index is 13.4. The Morgan fingerprint density at radius 1 is 1.29 bits per heavy atom.